The molecule has 2 aliphatic rings. The molecule has 23 heavy (non-hydrogen) atoms. The van der Waals surface area contributed by atoms with Crippen LogP contribution < -0.4 is 0 Å². The molecule has 2 aromatic rings. The van der Waals surface area contributed by atoms with Gasteiger partial charge in [0.1, 0.15) is 0 Å². The second-order valence-electron chi connectivity index (χ2n) is 6.55. The van der Waals surface area contributed by atoms with Gasteiger partial charge in [0.2, 0.25) is 10.0 Å². The lowest BCUT2D eigenvalue weighted by molar-refractivity contribution is 0.274. The lowest BCUT2D eigenvalue weighted by atomic mass is 10.1. The highest BCUT2D eigenvalue weighted by Crippen LogP contribution is 2.29. The standard InChI is InChI=1S/C18H22N2O2S/c21-23(22,18-7-6-15-4-3-5-16(15)14-18)20-12-8-17(9-13-20)19-10-1-2-11-19/h1-2,6-7,10-11,14,17H,3-5,8-9,12-13H2. The molecule has 0 amide bonds. The van der Waals surface area contributed by atoms with Crippen LogP contribution >= 0.6 is 0 Å². The van der Waals surface area contributed by atoms with Crippen LogP contribution in [0.4, 0.5) is 0 Å². The number of benzene rings is 1. The number of rotatable bonds is 3. The predicted octanol–water partition coefficient (Wildman–Crippen LogP) is 3.00. The van der Waals surface area contributed by atoms with Crippen LogP contribution in [0.3, 0.4) is 0 Å². The average Bonchev–Trinajstić information content (AvgIpc) is 3.25. The van der Waals surface area contributed by atoms with E-state index in [0.29, 0.717) is 24.0 Å². The molecular formula is C18H22N2O2S. The maximum atomic E-state index is 12.9. The van der Waals surface area contributed by atoms with Crippen LogP contribution in [0.25, 0.3) is 0 Å². The second kappa shape index (κ2) is 5.80. The summed E-state index contributed by atoms with van der Waals surface area (Å²) in [5.74, 6) is 0. The van der Waals surface area contributed by atoms with E-state index in [1.54, 1.807) is 10.4 Å². The summed E-state index contributed by atoms with van der Waals surface area (Å²) in [4.78, 5) is 0.470. The fourth-order valence-electron chi connectivity index (χ4n) is 3.83. The van der Waals surface area contributed by atoms with Gasteiger partial charge in [-0.2, -0.15) is 4.31 Å². The van der Waals surface area contributed by atoms with E-state index in [9.17, 15) is 8.42 Å². The van der Waals surface area contributed by atoms with E-state index >= 15 is 0 Å². The van der Waals surface area contributed by atoms with Crippen molar-refractivity contribution in [1.82, 2.24) is 8.87 Å². The minimum absolute atomic E-state index is 0.413. The number of aromatic nitrogens is 1. The first kappa shape index (κ1) is 15.0. The number of hydrogen-bond acceptors (Lipinski definition) is 2. The zero-order valence-electron chi connectivity index (χ0n) is 13.2. The molecule has 4 nitrogen and oxygen atoms in total. The highest BCUT2D eigenvalue weighted by atomic mass is 32.2. The van der Waals surface area contributed by atoms with Crippen molar-refractivity contribution in [3.05, 3.63) is 53.9 Å². The maximum Gasteiger partial charge on any atom is 0.243 e. The molecule has 0 bridgehead atoms. The van der Waals surface area contributed by atoms with E-state index in [-0.39, 0.29) is 0 Å². The fraction of sp³-hybridized carbons (Fsp3) is 0.444. The van der Waals surface area contributed by atoms with Crippen molar-refractivity contribution in [3.63, 3.8) is 0 Å². The van der Waals surface area contributed by atoms with Crippen LogP contribution in [-0.4, -0.2) is 30.4 Å². The third kappa shape index (κ3) is 2.72. The average molecular weight is 330 g/mol. The first-order valence-electron chi connectivity index (χ1n) is 8.39. The molecule has 122 valence electrons. The Balaban J connectivity index is 1.51. The van der Waals surface area contributed by atoms with Gasteiger partial charge in [0, 0.05) is 31.5 Å². The van der Waals surface area contributed by atoms with Gasteiger partial charge in [-0.05, 0) is 67.5 Å². The maximum absolute atomic E-state index is 12.9. The van der Waals surface area contributed by atoms with Crippen molar-refractivity contribution in [1.29, 1.82) is 0 Å². The molecule has 2 heterocycles. The highest BCUT2D eigenvalue weighted by molar-refractivity contribution is 7.89. The Morgan fingerprint density at radius 1 is 0.957 bits per heavy atom. The summed E-state index contributed by atoms with van der Waals surface area (Å²) in [6, 6.07) is 10.1. The summed E-state index contributed by atoms with van der Waals surface area (Å²) < 4.78 is 29.6. The van der Waals surface area contributed by atoms with Gasteiger partial charge in [-0.3, -0.25) is 0 Å². The Labute approximate surface area is 137 Å². The minimum Gasteiger partial charge on any atom is -0.351 e. The predicted molar refractivity (Wildman–Crippen MR) is 89.9 cm³/mol. The number of hydrogen-bond donors (Lipinski definition) is 0. The largest absolute Gasteiger partial charge is 0.351 e. The summed E-state index contributed by atoms with van der Waals surface area (Å²) in [6.07, 6.45) is 9.11. The summed E-state index contributed by atoms with van der Waals surface area (Å²) >= 11 is 0. The van der Waals surface area contributed by atoms with Crippen molar-refractivity contribution < 1.29 is 8.42 Å². The number of sulfonamides is 1. The molecule has 5 heteroatoms. The zero-order valence-corrected chi connectivity index (χ0v) is 14.0. The van der Waals surface area contributed by atoms with E-state index in [1.807, 2.05) is 24.3 Å². The molecule has 1 aliphatic heterocycles. The van der Waals surface area contributed by atoms with Gasteiger partial charge in [-0.25, -0.2) is 8.42 Å². The van der Waals surface area contributed by atoms with Crippen LogP contribution in [0.2, 0.25) is 0 Å². The van der Waals surface area contributed by atoms with Gasteiger partial charge in [0.25, 0.3) is 0 Å². The Kier molecular flexibility index (Phi) is 3.77. The second-order valence-corrected chi connectivity index (χ2v) is 8.49. The number of piperidine rings is 1. The van der Waals surface area contributed by atoms with Gasteiger partial charge in [0.05, 0.1) is 4.90 Å². The van der Waals surface area contributed by atoms with Gasteiger partial charge >= 0.3 is 0 Å². The fourth-order valence-corrected chi connectivity index (χ4v) is 5.35. The van der Waals surface area contributed by atoms with Crippen molar-refractivity contribution in [3.8, 4) is 0 Å². The van der Waals surface area contributed by atoms with E-state index in [4.69, 9.17) is 0 Å². The third-order valence-corrected chi connectivity index (χ3v) is 7.07. The number of nitrogens with zero attached hydrogens (tertiary/aromatic N) is 2. The van der Waals surface area contributed by atoms with E-state index in [1.165, 1.54) is 11.1 Å². The van der Waals surface area contributed by atoms with Crippen molar-refractivity contribution in [2.24, 2.45) is 0 Å². The van der Waals surface area contributed by atoms with Gasteiger partial charge in [-0.15, -0.1) is 0 Å². The molecule has 0 spiro atoms. The van der Waals surface area contributed by atoms with Crippen LogP contribution in [0.1, 0.15) is 36.4 Å². The Bertz CT molecular complexity index is 788. The van der Waals surface area contributed by atoms with Crippen LogP contribution in [-0.2, 0) is 22.9 Å². The Morgan fingerprint density at radius 2 is 1.65 bits per heavy atom. The lowest BCUT2D eigenvalue weighted by Gasteiger charge is -2.32. The molecule has 1 fully saturated rings. The van der Waals surface area contributed by atoms with E-state index in [0.717, 1.165) is 32.1 Å². The minimum atomic E-state index is -3.35. The molecule has 4 rings (SSSR count). The van der Waals surface area contributed by atoms with Gasteiger partial charge < -0.3 is 4.57 Å². The smallest absolute Gasteiger partial charge is 0.243 e. The lowest BCUT2D eigenvalue weighted by Crippen LogP contribution is -2.38. The Hall–Kier alpha value is -1.59. The number of fused-ring (bicyclic) bond motifs is 1. The normalized spacial score (nSPS) is 19.8. The van der Waals surface area contributed by atoms with Crippen LogP contribution in [0.15, 0.2) is 47.6 Å². The topological polar surface area (TPSA) is 42.3 Å². The zero-order chi connectivity index (χ0) is 15.9. The summed E-state index contributed by atoms with van der Waals surface area (Å²) in [5, 5.41) is 0. The molecule has 1 saturated heterocycles. The van der Waals surface area contributed by atoms with Crippen molar-refractivity contribution in [2.45, 2.75) is 43.0 Å². The summed E-state index contributed by atoms with van der Waals surface area (Å²) in [7, 11) is -3.35. The monoisotopic (exact) mass is 330 g/mol. The highest BCUT2D eigenvalue weighted by Gasteiger charge is 2.30. The summed E-state index contributed by atoms with van der Waals surface area (Å²) in [6.45, 7) is 1.20. The van der Waals surface area contributed by atoms with Crippen molar-refractivity contribution in [2.75, 3.05) is 13.1 Å². The molecule has 0 radical (unpaired) electrons. The molecular weight excluding hydrogens is 308 g/mol. The third-order valence-electron chi connectivity index (χ3n) is 5.18. The molecule has 0 saturated carbocycles. The van der Waals surface area contributed by atoms with Crippen LogP contribution in [0, 0.1) is 0 Å². The Morgan fingerprint density at radius 3 is 2.39 bits per heavy atom. The first-order valence-corrected chi connectivity index (χ1v) is 9.83. The molecule has 1 aromatic heterocycles. The molecule has 0 unspecified atom stereocenters. The SMILES string of the molecule is O=S(=O)(c1ccc2c(c1)CCC2)N1CCC(n2cccc2)CC1. The van der Waals surface area contributed by atoms with E-state index in [2.05, 4.69) is 17.0 Å². The molecule has 0 atom stereocenters. The van der Waals surface area contributed by atoms with E-state index < -0.39 is 10.0 Å². The number of aryl methyl sites for hydroxylation is 2. The quantitative estimate of drug-likeness (QED) is 0.868. The molecule has 1 aromatic carbocycles. The van der Waals surface area contributed by atoms with Crippen LogP contribution in [0.5, 0.6) is 0 Å². The van der Waals surface area contributed by atoms with Gasteiger partial charge in [0.15, 0.2) is 0 Å². The first-order chi connectivity index (χ1) is 11.1. The molecule has 1 aliphatic carbocycles. The van der Waals surface area contributed by atoms with Gasteiger partial charge in [-0.1, -0.05) is 6.07 Å². The van der Waals surface area contributed by atoms with Crippen molar-refractivity contribution >= 4 is 10.0 Å². The summed E-state index contributed by atoms with van der Waals surface area (Å²) in [5.41, 5.74) is 2.53. The molecule has 0 N–H and O–H groups in total.